The van der Waals surface area contributed by atoms with Crippen molar-refractivity contribution >= 4 is 5.97 Å². The highest BCUT2D eigenvalue weighted by Crippen LogP contribution is 2.06. The number of aliphatic carboxylic acids is 1. The SMILES string of the molecule is O=C(O)/C=C/N1CCCC1. The van der Waals surface area contributed by atoms with Gasteiger partial charge in [0.25, 0.3) is 0 Å². The number of hydrogen-bond donors (Lipinski definition) is 1. The number of hydrogen-bond acceptors (Lipinski definition) is 2. The third-order valence-corrected chi connectivity index (χ3v) is 1.57. The number of nitrogens with zero attached hydrogens (tertiary/aromatic N) is 1. The van der Waals surface area contributed by atoms with Gasteiger partial charge in [-0.3, -0.25) is 0 Å². The van der Waals surface area contributed by atoms with Crippen molar-refractivity contribution in [2.24, 2.45) is 0 Å². The molecule has 0 atom stereocenters. The molecule has 10 heavy (non-hydrogen) atoms. The largest absolute Gasteiger partial charge is 0.478 e. The van der Waals surface area contributed by atoms with Crippen molar-refractivity contribution in [2.45, 2.75) is 12.8 Å². The Balaban J connectivity index is 2.29. The number of carboxylic acids is 1. The first-order valence-corrected chi connectivity index (χ1v) is 3.44. The lowest BCUT2D eigenvalue weighted by molar-refractivity contribution is -0.131. The average Bonchev–Trinajstić information content (AvgIpc) is 2.34. The maximum absolute atomic E-state index is 10.0. The summed E-state index contributed by atoms with van der Waals surface area (Å²) in [4.78, 5) is 12.1. The minimum atomic E-state index is -0.869. The molecular formula is C7H11NO2. The third-order valence-electron chi connectivity index (χ3n) is 1.57. The molecule has 1 aliphatic heterocycles. The average molecular weight is 141 g/mol. The number of carboxylic acid groups (broad SMARTS) is 1. The number of likely N-dealkylation sites (tertiary alicyclic amines) is 1. The van der Waals surface area contributed by atoms with Crippen molar-refractivity contribution in [1.82, 2.24) is 4.90 Å². The lowest BCUT2D eigenvalue weighted by atomic mass is 10.4. The predicted octanol–water partition coefficient (Wildman–Crippen LogP) is 0.681. The standard InChI is InChI=1S/C7H11NO2/c9-7(10)3-6-8-4-1-2-5-8/h3,6H,1-2,4-5H2,(H,9,10)/b6-3+. The van der Waals surface area contributed by atoms with Crippen LogP contribution in [0, 0.1) is 0 Å². The minimum absolute atomic E-state index is 0.869. The van der Waals surface area contributed by atoms with Crippen molar-refractivity contribution in [3.8, 4) is 0 Å². The van der Waals surface area contributed by atoms with Crippen LogP contribution in [-0.2, 0) is 4.79 Å². The molecule has 0 aromatic rings. The molecule has 3 heteroatoms. The molecule has 3 nitrogen and oxygen atoms in total. The Morgan fingerprint density at radius 1 is 1.40 bits per heavy atom. The summed E-state index contributed by atoms with van der Waals surface area (Å²) in [6.07, 6.45) is 5.20. The molecule has 0 bridgehead atoms. The highest BCUT2D eigenvalue weighted by molar-refractivity contribution is 5.79. The van der Waals surface area contributed by atoms with Crippen molar-refractivity contribution in [3.63, 3.8) is 0 Å². The van der Waals surface area contributed by atoms with Crippen LogP contribution in [0.15, 0.2) is 12.3 Å². The summed E-state index contributed by atoms with van der Waals surface area (Å²) in [5.41, 5.74) is 0. The normalized spacial score (nSPS) is 18.6. The third kappa shape index (κ3) is 2.09. The van der Waals surface area contributed by atoms with E-state index in [1.54, 1.807) is 6.20 Å². The summed E-state index contributed by atoms with van der Waals surface area (Å²) in [6.45, 7) is 2.01. The molecule has 1 N–H and O–H groups in total. The van der Waals surface area contributed by atoms with Gasteiger partial charge < -0.3 is 10.0 Å². The Kier molecular flexibility index (Phi) is 2.31. The van der Waals surface area contributed by atoms with Gasteiger partial charge in [0.05, 0.1) is 0 Å². The molecule has 0 aliphatic carbocycles. The first-order chi connectivity index (χ1) is 4.79. The molecule has 1 fully saturated rings. The molecular weight excluding hydrogens is 130 g/mol. The van der Waals surface area contributed by atoms with Crippen LogP contribution >= 0.6 is 0 Å². The van der Waals surface area contributed by atoms with Crippen molar-refractivity contribution in [3.05, 3.63) is 12.3 Å². The second-order valence-corrected chi connectivity index (χ2v) is 2.40. The monoisotopic (exact) mass is 141 g/mol. The summed E-state index contributed by atoms with van der Waals surface area (Å²) in [5, 5.41) is 8.26. The zero-order chi connectivity index (χ0) is 7.40. The van der Waals surface area contributed by atoms with Crippen LogP contribution in [0.1, 0.15) is 12.8 Å². The number of rotatable bonds is 2. The van der Waals surface area contributed by atoms with E-state index in [0.717, 1.165) is 13.1 Å². The molecule has 0 radical (unpaired) electrons. The van der Waals surface area contributed by atoms with E-state index in [4.69, 9.17) is 5.11 Å². The zero-order valence-electron chi connectivity index (χ0n) is 5.79. The van der Waals surface area contributed by atoms with E-state index in [1.807, 2.05) is 4.90 Å². The Bertz CT molecular complexity index is 148. The fourth-order valence-corrected chi connectivity index (χ4v) is 1.06. The van der Waals surface area contributed by atoms with E-state index in [1.165, 1.54) is 18.9 Å². The summed E-state index contributed by atoms with van der Waals surface area (Å²) in [6, 6.07) is 0. The topological polar surface area (TPSA) is 40.5 Å². The van der Waals surface area contributed by atoms with Gasteiger partial charge in [-0.1, -0.05) is 0 Å². The van der Waals surface area contributed by atoms with Crippen molar-refractivity contribution < 1.29 is 9.90 Å². The van der Waals surface area contributed by atoms with Crippen LogP contribution in [0.4, 0.5) is 0 Å². The maximum Gasteiger partial charge on any atom is 0.329 e. The Labute approximate surface area is 59.9 Å². The molecule has 56 valence electrons. The van der Waals surface area contributed by atoms with Gasteiger partial charge >= 0.3 is 5.97 Å². The van der Waals surface area contributed by atoms with E-state index in [-0.39, 0.29) is 0 Å². The second-order valence-electron chi connectivity index (χ2n) is 2.40. The quantitative estimate of drug-likeness (QED) is 0.575. The zero-order valence-corrected chi connectivity index (χ0v) is 5.79. The van der Waals surface area contributed by atoms with E-state index < -0.39 is 5.97 Å². The van der Waals surface area contributed by atoms with Gasteiger partial charge in [0, 0.05) is 25.4 Å². The van der Waals surface area contributed by atoms with Gasteiger partial charge in [-0.2, -0.15) is 0 Å². The fourth-order valence-electron chi connectivity index (χ4n) is 1.06. The molecule has 0 spiro atoms. The molecule has 1 aliphatic rings. The van der Waals surface area contributed by atoms with Crippen LogP contribution in [0.2, 0.25) is 0 Å². The lowest BCUT2D eigenvalue weighted by Gasteiger charge is -2.08. The Hall–Kier alpha value is -0.990. The van der Waals surface area contributed by atoms with Gasteiger partial charge in [-0.25, -0.2) is 4.79 Å². The maximum atomic E-state index is 10.0. The van der Waals surface area contributed by atoms with Crippen LogP contribution in [-0.4, -0.2) is 29.1 Å². The predicted molar refractivity (Wildman–Crippen MR) is 37.6 cm³/mol. The summed E-state index contributed by atoms with van der Waals surface area (Å²) >= 11 is 0. The van der Waals surface area contributed by atoms with Crippen LogP contribution in [0.25, 0.3) is 0 Å². The molecule has 0 aromatic heterocycles. The summed E-state index contributed by atoms with van der Waals surface area (Å²) in [5.74, 6) is -0.869. The molecule has 0 unspecified atom stereocenters. The second kappa shape index (κ2) is 3.25. The first-order valence-electron chi connectivity index (χ1n) is 3.44. The van der Waals surface area contributed by atoms with Gasteiger partial charge in [0.2, 0.25) is 0 Å². The summed E-state index contributed by atoms with van der Waals surface area (Å²) < 4.78 is 0. The van der Waals surface area contributed by atoms with Crippen LogP contribution in [0.5, 0.6) is 0 Å². The van der Waals surface area contributed by atoms with Gasteiger partial charge in [-0.05, 0) is 12.8 Å². The van der Waals surface area contributed by atoms with E-state index in [2.05, 4.69) is 0 Å². The highest BCUT2D eigenvalue weighted by atomic mass is 16.4. The van der Waals surface area contributed by atoms with Gasteiger partial charge in [0.15, 0.2) is 0 Å². The molecule has 1 saturated heterocycles. The minimum Gasteiger partial charge on any atom is -0.478 e. The molecule has 0 amide bonds. The molecule has 0 saturated carbocycles. The van der Waals surface area contributed by atoms with Crippen molar-refractivity contribution in [1.29, 1.82) is 0 Å². The molecule has 1 rings (SSSR count). The van der Waals surface area contributed by atoms with Crippen LogP contribution < -0.4 is 0 Å². The lowest BCUT2D eigenvalue weighted by Crippen LogP contribution is -2.11. The Morgan fingerprint density at radius 2 is 2.00 bits per heavy atom. The summed E-state index contributed by atoms with van der Waals surface area (Å²) in [7, 11) is 0. The molecule has 1 heterocycles. The molecule has 0 aromatic carbocycles. The van der Waals surface area contributed by atoms with Crippen molar-refractivity contribution in [2.75, 3.05) is 13.1 Å². The van der Waals surface area contributed by atoms with E-state index >= 15 is 0 Å². The first kappa shape index (κ1) is 7.12. The van der Waals surface area contributed by atoms with Gasteiger partial charge in [-0.15, -0.1) is 0 Å². The smallest absolute Gasteiger partial charge is 0.329 e. The van der Waals surface area contributed by atoms with E-state index in [0.29, 0.717) is 0 Å². The highest BCUT2D eigenvalue weighted by Gasteiger charge is 2.06. The van der Waals surface area contributed by atoms with Gasteiger partial charge in [0.1, 0.15) is 0 Å². The fraction of sp³-hybridized carbons (Fsp3) is 0.571. The Morgan fingerprint density at radius 3 is 2.50 bits per heavy atom. The number of carbonyl (C=O) groups is 1. The van der Waals surface area contributed by atoms with Crippen LogP contribution in [0.3, 0.4) is 0 Å². The van der Waals surface area contributed by atoms with E-state index in [9.17, 15) is 4.79 Å².